The molecule has 2 rings (SSSR count). The molecule has 2 aromatic heterocycles. The van der Waals surface area contributed by atoms with Crippen molar-refractivity contribution in [1.29, 1.82) is 0 Å². The van der Waals surface area contributed by atoms with E-state index in [0.29, 0.717) is 6.54 Å². The quantitative estimate of drug-likeness (QED) is 0.801. The summed E-state index contributed by atoms with van der Waals surface area (Å²) < 4.78 is 2.91. The molecule has 0 spiro atoms. The van der Waals surface area contributed by atoms with Gasteiger partial charge < -0.3 is 5.73 Å². The molecule has 0 unspecified atom stereocenters. The van der Waals surface area contributed by atoms with Crippen LogP contribution in [-0.2, 0) is 6.54 Å². The minimum Gasteiger partial charge on any atom is -0.326 e. The second kappa shape index (κ2) is 2.88. The van der Waals surface area contributed by atoms with Gasteiger partial charge in [0, 0.05) is 12.7 Å². The lowest BCUT2D eigenvalue weighted by Gasteiger charge is -1.98. The zero-order valence-corrected chi connectivity index (χ0v) is 7.95. The fourth-order valence-electron chi connectivity index (χ4n) is 1.12. The number of fused-ring (bicyclic) bond motifs is 1. The van der Waals surface area contributed by atoms with Crippen LogP contribution in [0.2, 0.25) is 0 Å². The zero-order chi connectivity index (χ0) is 8.55. The van der Waals surface area contributed by atoms with Gasteiger partial charge in [0.05, 0.1) is 6.20 Å². The van der Waals surface area contributed by atoms with E-state index in [0.717, 1.165) is 15.8 Å². The summed E-state index contributed by atoms with van der Waals surface area (Å²) in [4.78, 5) is 4.17. The smallest absolute Gasteiger partial charge is 0.137 e. The Morgan fingerprint density at radius 2 is 2.33 bits per heavy atom. The Balaban J connectivity index is 2.71. The van der Waals surface area contributed by atoms with Crippen LogP contribution < -0.4 is 5.73 Å². The first-order valence-electron chi connectivity index (χ1n) is 3.63. The molecular weight excluding hydrogens is 218 g/mol. The molecule has 0 aliphatic carbocycles. The van der Waals surface area contributed by atoms with Crippen LogP contribution in [0.25, 0.3) is 5.65 Å². The molecule has 2 N–H and O–H groups in total. The van der Waals surface area contributed by atoms with Crippen LogP contribution in [-0.4, -0.2) is 9.38 Å². The van der Waals surface area contributed by atoms with Crippen molar-refractivity contribution in [3.63, 3.8) is 0 Å². The van der Waals surface area contributed by atoms with Crippen LogP contribution in [0.3, 0.4) is 0 Å². The molecule has 0 aliphatic rings. The summed E-state index contributed by atoms with van der Waals surface area (Å²) >= 11 is 3.39. The summed E-state index contributed by atoms with van der Waals surface area (Å²) in [6.45, 7) is 0.556. The summed E-state index contributed by atoms with van der Waals surface area (Å²) in [5, 5.41) is 0. The molecule has 0 atom stereocenters. The number of rotatable bonds is 1. The Kier molecular flexibility index (Phi) is 1.86. The summed E-state index contributed by atoms with van der Waals surface area (Å²) in [6, 6.07) is 3.93. The van der Waals surface area contributed by atoms with Crippen molar-refractivity contribution in [2.75, 3.05) is 0 Å². The number of aromatic nitrogens is 2. The third-order valence-electron chi connectivity index (χ3n) is 1.76. The van der Waals surface area contributed by atoms with E-state index in [4.69, 9.17) is 5.73 Å². The first-order chi connectivity index (χ1) is 5.81. The highest BCUT2D eigenvalue weighted by Crippen LogP contribution is 2.13. The van der Waals surface area contributed by atoms with Crippen molar-refractivity contribution < 1.29 is 0 Å². The van der Waals surface area contributed by atoms with Crippen LogP contribution in [0, 0.1) is 0 Å². The van der Waals surface area contributed by atoms with Crippen molar-refractivity contribution in [3.05, 3.63) is 34.7 Å². The molecule has 2 aromatic rings. The van der Waals surface area contributed by atoms with E-state index in [1.807, 2.05) is 22.7 Å². The Labute approximate surface area is 78.3 Å². The molecule has 2 heterocycles. The SMILES string of the molecule is NCc1ccc2ncc(Br)n2c1. The van der Waals surface area contributed by atoms with E-state index in [-0.39, 0.29) is 0 Å². The first-order valence-corrected chi connectivity index (χ1v) is 4.42. The normalized spacial score (nSPS) is 10.8. The number of halogens is 1. The van der Waals surface area contributed by atoms with Gasteiger partial charge in [0.25, 0.3) is 0 Å². The lowest BCUT2D eigenvalue weighted by Crippen LogP contribution is -1.98. The summed E-state index contributed by atoms with van der Waals surface area (Å²) in [7, 11) is 0. The van der Waals surface area contributed by atoms with Crippen LogP contribution in [0.5, 0.6) is 0 Å². The average Bonchev–Trinajstić information content (AvgIpc) is 2.47. The Bertz CT molecular complexity index is 408. The number of pyridine rings is 1. The minimum absolute atomic E-state index is 0.556. The first kappa shape index (κ1) is 7.76. The topological polar surface area (TPSA) is 43.3 Å². The zero-order valence-electron chi connectivity index (χ0n) is 6.37. The number of imidazole rings is 1. The van der Waals surface area contributed by atoms with Gasteiger partial charge in [0.15, 0.2) is 0 Å². The second-order valence-electron chi connectivity index (χ2n) is 2.55. The lowest BCUT2D eigenvalue weighted by molar-refractivity contribution is 1.02. The molecule has 0 fully saturated rings. The fraction of sp³-hybridized carbons (Fsp3) is 0.125. The lowest BCUT2D eigenvalue weighted by atomic mass is 10.3. The van der Waals surface area contributed by atoms with Crippen molar-refractivity contribution in [2.24, 2.45) is 5.73 Å². The van der Waals surface area contributed by atoms with Gasteiger partial charge >= 0.3 is 0 Å². The third kappa shape index (κ3) is 1.13. The van der Waals surface area contributed by atoms with Gasteiger partial charge in [0.2, 0.25) is 0 Å². The Hall–Kier alpha value is -0.870. The number of nitrogens with zero attached hydrogens (tertiary/aromatic N) is 2. The molecule has 0 radical (unpaired) electrons. The van der Waals surface area contributed by atoms with Gasteiger partial charge in [-0.3, -0.25) is 4.40 Å². The van der Waals surface area contributed by atoms with Crippen LogP contribution in [0.1, 0.15) is 5.56 Å². The van der Waals surface area contributed by atoms with E-state index in [2.05, 4.69) is 20.9 Å². The van der Waals surface area contributed by atoms with E-state index < -0.39 is 0 Å². The van der Waals surface area contributed by atoms with Crippen LogP contribution in [0.4, 0.5) is 0 Å². The maximum Gasteiger partial charge on any atom is 0.137 e. The molecule has 4 heteroatoms. The minimum atomic E-state index is 0.556. The van der Waals surface area contributed by atoms with Gasteiger partial charge in [-0.2, -0.15) is 0 Å². The molecule has 0 saturated carbocycles. The summed E-state index contributed by atoms with van der Waals surface area (Å²) in [6.07, 6.45) is 3.75. The molecule has 0 amide bonds. The predicted molar refractivity (Wildman–Crippen MR) is 50.8 cm³/mol. The molecule has 0 aromatic carbocycles. The van der Waals surface area contributed by atoms with Gasteiger partial charge in [-0.1, -0.05) is 6.07 Å². The van der Waals surface area contributed by atoms with Crippen LogP contribution in [0.15, 0.2) is 29.1 Å². The van der Waals surface area contributed by atoms with Gasteiger partial charge in [-0.25, -0.2) is 4.98 Å². The second-order valence-corrected chi connectivity index (χ2v) is 3.36. The number of hydrogen-bond donors (Lipinski definition) is 1. The maximum absolute atomic E-state index is 5.51. The van der Waals surface area contributed by atoms with Crippen molar-refractivity contribution in [1.82, 2.24) is 9.38 Å². The van der Waals surface area contributed by atoms with E-state index in [1.165, 1.54) is 0 Å². The number of nitrogens with two attached hydrogens (primary N) is 1. The molecular formula is C8H8BrN3. The van der Waals surface area contributed by atoms with E-state index in [1.54, 1.807) is 6.20 Å². The molecule has 12 heavy (non-hydrogen) atoms. The Morgan fingerprint density at radius 1 is 1.50 bits per heavy atom. The fourth-order valence-corrected chi connectivity index (χ4v) is 1.50. The average molecular weight is 226 g/mol. The summed E-state index contributed by atoms with van der Waals surface area (Å²) in [5.41, 5.74) is 7.54. The van der Waals surface area contributed by atoms with Crippen molar-refractivity contribution in [3.8, 4) is 0 Å². The highest BCUT2D eigenvalue weighted by atomic mass is 79.9. The van der Waals surface area contributed by atoms with Crippen molar-refractivity contribution in [2.45, 2.75) is 6.54 Å². The predicted octanol–water partition coefficient (Wildman–Crippen LogP) is 1.56. The highest BCUT2D eigenvalue weighted by Gasteiger charge is 1.99. The molecule has 3 nitrogen and oxygen atoms in total. The molecule has 0 saturated heterocycles. The Morgan fingerprint density at radius 3 is 3.08 bits per heavy atom. The molecule has 0 bridgehead atoms. The maximum atomic E-state index is 5.51. The number of hydrogen-bond acceptors (Lipinski definition) is 2. The van der Waals surface area contributed by atoms with Crippen LogP contribution >= 0.6 is 15.9 Å². The highest BCUT2D eigenvalue weighted by molar-refractivity contribution is 9.10. The van der Waals surface area contributed by atoms with Crippen molar-refractivity contribution >= 4 is 21.6 Å². The third-order valence-corrected chi connectivity index (χ3v) is 2.34. The monoisotopic (exact) mass is 225 g/mol. The van der Waals surface area contributed by atoms with Gasteiger partial charge in [-0.15, -0.1) is 0 Å². The largest absolute Gasteiger partial charge is 0.326 e. The molecule has 62 valence electrons. The molecule has 0 aliphatic heterocycles. The van der Waals surface area contributed by atoms with Gasteiger partial charge in [0.1, 0.15) is 10.3 Å². The standard InChI is InChI=1S/C8H8BrN3/c9-7-4-11-8-2-1-6(3-10)5-12(7)8/h1-2,4-5H,3,10H2. The van der Waals surface area contributed by atoms with Gasteiger partial charge in [-0.05, 0) is 27.6 Å². The summed E-state index contributed by atoms with van der Waals surface area (Å²) in [5.74, 6) is 0. The van der Waals surface area contributed by atoms with E-state index in [9.17, 15) is 0 Å². The van der Waals surface area contributed by atoms with E-state index >= 15 is 0 Å².